The minimum Gasteiger partial charge on any atom is -0.309 e. The van der Waals surface area contributed by atoms with Crippen molar-refractivity contribution in [3.63, 3.8) is 0 Å². The molecule has 2 heteroatoms. The van der Waals surface area contributed by atoms with E-state index < -0.39 is 6.17 Å². The zero-order valence-corrected chi connectivity index (χ0v) is 5.32. The van der Waals surface area contributed by atoms with Crippen LogP contribution < -0.4 is 5.32 Å². The Morgan fingerprint density at radius 1 is 1.50 bits per heavy atom. The summed E-state index contributed by atoms with van der Waals surface area (Å²) in [7, 11) is 0. The van der Waals surface area contributed by atoms with Crippen LogP contribution in [0, 0.1) is 0 Å². The number of hydrogen-bond donors (Lipinski definition) is 1. The zero-order valence-electron chi connectivity index (χ0n) is 5.32. The Labute approximate surface area is 49.3 Å². The maximum Gasteiger partial charge on any atom is 0.117 e. The summed E-state index contributed by atoms with van der Waals surface area (Å²) in [6, 6.07) is 0.449. The van der Waals surface area contributed by atoms with E-state index in [1.54, 1.807) is 0 Å². The Kier molecular flexibility index (Phi) is 1.52. The standard InChI is InChI=1S/C6H12FN/c1-4-3-6(7)5(2)8-4/h4-6,8H,3H2,1-2H3. The molecule has 1 rings (SSSR count). The lowest BCUT2D eigenvalue weighted by Crippen LogP contribution is -2.27. The molecule has 3 unspecified atom stereocenters. The molecule has 0 aromatic rings. The molecule has 48 valence electrons. The van der Waals surface area contributed by atoms with Gasteiger partial charge in [0.2, 0.25) is 0 Å². The van der Waals surface area contributed by atoms with Gasteiger partial charge in [-0.05, 0) is 20.3 Å². The van der Waals surface area contributed by atoms with E-state index in [2.05, 4.69) is 5.32 Å². The third-order valence-electron chi connectivity index (χ3n) is 1.67. The van der Waals surface area contributed by atoms with E-state index in [-0.39, 0.29) is 6.04 Å². The maximum atomic E-state index is 12.5. The first-order valence-corrected chi connectivity index (χ1v) is 3.10. The quantitative estimate of drug-likeness (QED) is 0.501. The van der Waals surface area contributed by atoms with Crippen LogP contribution >= 0.6 is 0 Å². The van der Waals surface area contributed by atoms with Gasteiger partial charge in [-0.3, -0.25) is 0 Å². The van der Waals surface area contributed by atoms with Gasteiger partial charge in [-0.25, -0.2) is 4.39 Å². The van der Waals surface area contributed by atoms with Gasteiger partial charge in [-0.15, -0.1) is 0 Å². The van der Waals surface area contributed by atoms with E-state index in [0.29, 0.717) is 12.5 Å². The van der Waals surface area contributed by atoms with Crippen LogP contribution in [0.15, 0.2) is 0 Å². The van der Waals surface area contributed by atoms with E-state index in [0.717, 1.165) is 0 Å². The fraction of sp³-hybridized carbons (Fsp3) is 1.00. The van der Waals surface area contributed by atoms with Gasteiger partial charge in [-0.1, -0.05) is 0 Å². The molecule has 1 heterocycles. The molecular formula is C6H12FN. The fourth-order valence-corrected chi connectivity index (χ4v) is 1.16. The highest BCUT2D eigenvalue weighted by Gasteiger charge is 2.26. The van der Waals surface area contributed by atoms with Gasteiger partial charge in [0.15, 0.2) is 0 Å². The normalized spacial score (nSPS) is 47.6. The summed E-state index contributed by atoms with van der Waals surface area (Å²) in [5.41, 5.74) is 0. The second-order valence-electron chi connectivity index (χ2n) is 2.61. The van der Waals surface area contributed by atoms with E-state index in [1.807, 2.05) is 13.8 Å². The summed E-state index contributed by atoms with van der Waals surface area (Å²) in [5, 5.41) is 3.09. The Morgan fingerprint density at radius 2 is 2.12 bits per heavy atom. The molecule has 0 amide bonds. The molecule has 1 nitrogen and oxygen atoms in total. The van der Waals surface area contributed by atoms with Crippen molar-refractivity contribution in [1.29, 1.82) is 0 Å². The van der Waals surface area contributed by atoms with E-state index >= 15 is 0 Å². The Morgan fingerprint density at radius 3 is 2.25 bits per heavy atom. The first-order valence-electron chi connectivity index (χ1n) is 3.10. The number of alkyl halides is 1. The van der Waals surface area contributed by atoms with Gasteiger partial charge < -0.3 is 5.32 Å². The van der Waals surface area contributed by atoms with Crippen LogP contribution in [0.3, 0.4) is 0 Å². The first kappa shape index (κ1) is 6.02. The third-order valence-corrected chi connectivity index (χ3v) is 1.67. The summed E-state index contributed by atoms with van der Waals surface area (Å²) in [6.45, 7) is 3.89. The van der Waals surface area contributed by atoms with Crippen molar-refractivity contribution in [2.45, 2.75) is 38.5 Å². The van der Waals surface area contributed by atoms with Crippen molar-refractivity contribution >= 4 is 0 Å². The average Bonchev–Trinajstić information content (AvgIpc) is 1.85. The highest BCUT2D eigenvalue weighted by molar-refractivity contribution is 4.85. The molecule has 1 fully saturated rings. The van der Waals surface area contributed by atoms with Gasteiger partial charge in [0.25, 0.3) is 0 Å². The van der Waals surface area contributed by atoms with Crippen LogP contribution in [0.1, 0.15) is 20.3 Å². The van der Waals surface area contributed by atoms with E-state index in [1.165, 1.54) is 0 Å². The van der Waals surface area contributed by atoms with Crippen molar-refractivity contribution in [2.24, 2.45) is 0 Å². The van der Waals surface area contributed by atoms with Crippen molar-refractivity contribution in [1.82, 2.24) is 5.32 Å². The second-order valence-corrected chi connectivity index (χ2v) is 2.61. The van der Waals surface area contributed by atoms with E-state index in [4.69, 9.17) is 0 Å². The Balaban J connectivity index is 2.39. The third kappa shape index (κ3) is 0.996. The molecule has 1 saturated heterocycles. The fourth-order valence-electron chi connectivity index (χ4n) is 1.16. The van der Waals surface area contributed by atoms with Crippen LogP contribution in [0.5, 0.6) is 0 Å². The van der Waals surface area contributed by atoms with Crippen LogP contribution in [0.2, 0.25) is 0 Å². The van der Waals surface area contributed by atoms with Crippen molar-refractivity contribution in [3.05, 3.63) is 0 Å². The van der Waals surface area contributed by atoms with E-state index in [9.17, 15) is 4.39 Å². The predicted molar refractivity (Wildman–Crippen MR) is 31.6 cm³/mol. The van der Waals surface area contributed by atoms with Crippen molar-refractivity contribution in [2.75, 3.05) is 0 Å². The molecule has 0 radical (unpaired) electrons. The lowest BCUT2D eigenvalue weighted by atomic mass is 10.2. The molecule has 1 aliphatic heterocycles. The molecule has 0 spiro atoms. The molecule has 0 aliphatic carbocycles. The van der Waals surface area contributed by atoms with Gasteiger partial charge in [0.1, 0.15) is 6.17 Å². The minimum absolute atomic E-state index is 0.0741. The second kappa shape index (κ2) is 2.02. The van der Waals surface area contributed by atoms with Crippen LogP contribution in [0.25, 0.3) is 0 Å². The van der Waals surface area contributed by atoms with Gasteiger partial charge in [0.05, 0.1) is 0 Å². The summed E-state index contributed by atoms with van der Waals surface area (Å²) in [5.74, 6) is 0. The molecule has 1 aliphatic rings. The first-order chi connectivity index (χ1) is 3.70. The van der Waals surface area contributed by atoms with Gasteiger partial charge in [0, 0.05) is 12.1 Å². The summed E-state index contributed by atoms with van der Waals surface area (Å²) in [6.07, 6.45) is 0.0613. The number of halogens is 1. The zero-order chi connectivity index (χ0) is 6.15. The van der Waals surface area contributed by atoms with Crippen molar-refractivity contribution in [3.8, 4) is 0 Å². The molecule has 1 N–H and O–H groups in total. The van der Waals surface area contributed by atoms with Crippen LogP contribution in [-0.2, 0) is 0 Å². The van der Waals surface area contributed by atoms with Crippen LogP contribution in [0.4, 0.5) is 4.39 Å². The molecule has 0 aromatic heterocycles. The minimum atomic E-state index is -0.620. The Bertz CT molecular complexity index is 74.6. The molecule has 0 bridgehead atoms. The number of hydrogen-bond acceptors (Lipinski definition) is 1. The summed E-state index contributed by atoms with van der Waals surface area (Å²) in [4.78, 5) is 0. The summed E-state index contributed by atoms with van der Waals surface area (Å²) >= 11 is 0. The highest BCUT2D eigenvalue weighted by Crippen LogP contribution is 2.14. The molecule has 8 heavy (non-hydrogen) atoms. The van der Waals surface area contributed by atoms with Gasteiger partial charge in [-0.2, -0.15) is 0 Å². The molecule has 0 aromatic carbocycles. The van der Waals surface area contributed by atoms with Crippen molar-refractivity contribution < 1.29 is 4.39 Å². The maximum absolute atomic E-state index is 12.5. The predicted octanol–water partition coefficient (Wildman–Crippen LogP) is 1.09. The number of rotatable bonds is 0. The monoisotopic (exact) mass is 117 g/mol. The number of nitrogens with one attached hydrogen (secondary N) is 1. The summed E-state index contributed by atoms with van der Waals surface area (Å²) < 4.78 is 12.5. The SMILES string of the molecule is CC1CC(F)C(C)N1. The smallest absolute Gasteiger partial charge is 0.117 e. The average molecular weight is 117 g/mol. The largest absolute Gasteiger partial charge is 0.309 e. The lowest BCUT2D eigenvalue weighted by Gasteiger charge is -2.03. The molecule has 0 saturated carbocycles. The molecular weight excluding hydrogens is 105 g/mol. The highest BCUT2D eigenvalue weighted by atomic mass is 19.1. The van der Waals surface area contributed by atoms with Crippen LogP contribution in [-0.4, -0.2) is 18.3 Å². The lowest BCUT2D eigenvalue weighted by molar-refractivity contribution is 0.312. The Hall–Kier alpha value is -0.110. The van der Waals surface area contributed by atoms with Gasteiger partial charge >= 0.3 is 0 Å². The molecule has 3 atom stereocenters. The topological polar surface area (TPSA) is 12.0 Å².